The number of aromatic nitrogens is 2. The first-order valence-corrected chi connectivity index (χ1v) is 13.5. The van der Waals surface area contributed by atoms with Gasteiger partial charge in [0.15, 0.2) is 5.58 Å². The van der Waals surface area contributed by atoms with E-state index in [4.69, 9.17) is 9.51 Å². The predicted octanol–water partition coefficient (Wildman–Crippen LogP) is 4.80. The highest BCUT2D eigenvalue weighted by atomic mass is 32.2. The molecule has 0 amide bonds. The Morgan fingerprint density at radius 3 is 2.67 bits per heavy atom. The molecule has 5 rings (SSSR count). The third-order valence-corrected chi connectivity index (χ3v) is 8.08. The third kappa shape index (κ3) is 5.27. The van der Waals surface area contributed by atoms with E-state index in [-0.39, 0.29) is 12.1 Å². The van der Waals surface area contributed by atoms with E-state index in [1.54, 1.807) is 0 Å². The molecule has 1 fully saturated rings. The standard InChI is InChI=1S/C28H32N4O3S/c1-28(2,3)36(34)31-24(17-19-9-8-14-26(29-19)32-16-15-20(33)18-32)21-10-4-5-11-22(21)27-23-12-6-7-13-25(23)35-30-27/h4-14,20,24,31,33H,15-18H2,1-3H3/t20-,24?,36?/m1/s1. The van der Waals surface area contributed by atoms with Crippen LogP contribution in [0.1, 0.15) is 44.5 Å². The molecule has 1 aliphatic rings. The summed E-state index contributed by atoms with van der Waals surface area (Å²) in [6.45, 7) is 7.26. The number of pyridine rings is 1. The zero-order chi connectivity index (χ0) is 25.3. The van der Waals surface area contributed by atoms with Gasteiger partial charge in [0.25, 0.3) is 0 Å². The molecule has 2 aromatic carbocycles. The van der Waals surface area contributed by atoms with Crippen molar-refractivity contribution < 1.29 is 14.2 Å². The van der Waals surface area contributed by atoms with Gasteiger partial charge in [0, 0.05) is 47.5 Å². The minimum Gasteiger partial charge on any atom is -0.598 e. The van der Waals surface area contributed by atoms with E-state index in [9.17, 15) is 9.66 Å². The fourth-order valence-electron chi connectivity index (χ4n) is 4.53. The number of para-hydroxylation sites is 1. The van der Waals surface area contributed by atoms with Gasteiger partial charge in [-0.05, 0) is 57.0 Å². The maximum atomic E-state index is 13.3. The number of hydrogen-bond donors (Lipinski definition) is 2. The first kappa shape index (κ1) is 24.8. The topological polar surface area (TPSA) is 97.5 Å². The van der Waals surface area contributed by atoms with E-state index < -0.39 is 16.1 Å². The molecule has 8 heteroatoms. The Morgan fingerprint density at radius 1 is 1.11 bits per heavy atom. The van der Waals surface area contributed by atoms with Crippen LogP contribution in [0.5, 0.6) is 0 Å². The van der Waals surface area contributed by atoms with Crippen molar-refractivity contribution in [2.75, 3.05) is 18.0 Å². The Labute approximate surface area is 214 Å². The van der Waals surface area contributed by atoms with Crippen LogP contribution in [-0.4, -0.2) is 43.7 Å². The number of aliphatic hydroxyl groups is 1. The van der Waals surface area contributed by atoms with Gasteiger partial charge in [-0.15, -0.1) is 4.72 Å². The maximum absolute atomic E-state index is 13.3. The van der Waals surface area contributed by atoms with E-state index in [1.807, 2.05) is 81.4 Å². The van der Waals surface area contributed by atoms with Crippen LogP contribution in [0.15, 0.2) is 71.3 Å². The highest BCUT2D eigenvalue weighted by Crippen LogP contribution is 2.35. The van der Waals surface area contributed by atoms with Crippen LogP contribution < -0.4 is 9.62 Å². The fraction of sp³-hybridized carbons (Fsp3) is 0.357. The molecule has 2 unspecified atom stereocenters. The summed E-state index contributed by atoms with van der Waals surface area (Å²) in [5.41, 5.74) is 4.30. The molecular weight excluding hydrogens is 472 g/mol. The number of rotatable bonds is 7. The number of aliphatic hydroxyl groups excluding tert-OH is 1. The monoisotopic (exact) mass is 504 g/mol. The Kier molecular flexibility index (Phi) is 7.03. The van der Waals surface area contributed by atoms with Gasteiger partial charge in [0.1, 0.15) is 16.3 Å². The minimum atomic E-state index is -1.30. The van der Waals surface area contributed by atoms with Crippen LogP contribution in [-0.2, 0) is 17.8 Å². The van der Waals surface area contributed by atoms with Gasteiger partial charge in [-0.1, -0.05) is 47.6 Å². The lowest BCUT2D eigenvalue weighted by atomic mass is 9.94. The molecule has 2 aromatic heterocycles. The van der Waals surface area contributed by atoms with Crippen LogP contribution in [0.25, 0.3) is 22.2 Å². The number of β-amino-alcohol motifs (C(OH)–C–C–N with tert-alkyl or cyclic N) is 1. The van der Waals surface area contributed by atoms with Crippen molar-refractivity contribution in [3.63, 3.8) is 0 Å². The number of anilines is 1. The number of fused-ring (bicyclic) bond motifs is 1. The molecule has 2 N–H and O–H groups in total. The highest BCUT2D eigenvalue weighted by molar-refractivity contribution is 7.90. The van der Waals surface area contributed by atoms with Crippen molar-refractivity contribution >= 4 is 28.1 Å². The van der Waals surface area contributed by atoms with Crippen molar-refractivity contribution in [1.29, 1.82) is 0 Å². The molecule has 0 saturated carbocycles. The molecular formula is C28H32N4O3S. The van der Waals surface area contributed by atoms with Gasteiger partial charge in [-0.2, -0.15) is 0 Å². The Morgan fingerprint density at radius 2 is 1.89 bits per heavy atom. The molecule has 3 atom stereocenters. The highest BCUT2D eigenvalue weighted by Gasteiger charge is 2.32. The van der Waals surface area contributed by atoms with Crippen molar-refractivity contribution in [3.05, 3.63) is 78.0 Å². The normalized spacial score (nSPS) is 18.0. The summed E-state index contributed by atoms with van der Waals surface area (Å²) < 4.78 is 21.8. The van der Waals surface area contributed by atoms with Crippen LogP contribution >= 0.6 is 0 Å². The predicted molar refractivity (Wildman–Crippen MR) is 144 cm³/mol. The molecule has 4 aromatic rings. The molecule has 0 bridgehead atoms. The maximum Gasteiger partial charge on any atom is 0.167 e. The first-order valence-electron chi connectivity index (χ1n) is 12.3. The zero-order valence-electron chi connectivity index (χ0n) is 20.8. The second-order valence-electron chi connectivity index (χ2n) is 10.2. The minimum absolute atomic E-state index is 0.274. The number of nitrogens with zero attached hydrogens (tertiary/aromatic N) is 3. The third-order valence-electron chi connectivity index (χ3n) is 6.47. The van der Waals surface area contributed by atoms with E-state index in [0.29, 0.717) is 13.0 Å². The van der Waals surface area contributed by atoms with Gasteiger partial charge in [0.2, 0.25) is 0 Å². The summed E-state index contributed by atoms with van der Waals surface area (Å²) >= 11 is -1.30. The van der Waals surface area contributed by atoms with E-state index in [1.165, 1.54) is 0 Å². The fourth-order valence-corrected chi connectivity index (χ4v) is 5.36. The van der Waals surface area contributed by atoms with E-state index in [2.05, 4.69) is 20.8 Å². The van der Waals surface area contributed by atoms with Gasteiger partial charge < -0.3 is 19.1 Å². The Bertz CT molecular complexity index is 1340. The first-order chi connectivity index (χ1) is 17.3. The second-order valence-corrected chi connectivity index (χ2v) is 12.2. The second kappa shape index (κ2) is 10.2. The molecule has 188 valence electrons. The molecule has 36 heavy (non-hydrogen) atoms. The molecule has 0 radical (unpaired) electrons. The van der Waals surface area contributed by atoms with Crippen LogP contribution in [0.3, 0.4) is 0 Å². The van der Waals surface area contributed by atoms with Crippen molar-refractivity contribution in [2.24, 2.45) is 0 Å². The summed E-state index contributed by atoms with van der Waals surface area (Å²) in [7, 11) is 0. The van der Waals surface area contributed by atoms with Crippen LogP contribution in [0, 0.1) is 0 Å². The molecule has 0 aliphatic carbocycles. The van der Waals surface area contributed by atoms with Gasteiger partial charge >= 0.3 is 0 Å². The smallest absolute Gasteiger partial charge is 0.167 e. The van der Waals surface area contributed by atoms with Gasteiger partial charge in [-0.25, -0.2) is 4.98 Å². The van der Waals surface area contributed by atoms with Crippen molar-refractivity contribution in [3.8, 4) is 11.3 Å². The van der Waals surface area contributed by atoms with Gasteiger partial charge in [-0.3, -0.25) is 0 Å². The quantitative estimate of drug-likeness (QED) is 0.349. The molecule has 7 nitrogen and oxygen atoms in total. The van der Waals surface area contributed by atoms with Gasteiger partial charge in [0.05, 0.1) is 12.1 Å². The Balaban J connectivity index is 1.53. The van der Waals surface area contributed by atoms with Crippen molar-refractivity contribution in [2.45, 2.75) is 50.5 Å². The van der Waals surface area contributed by atoms with Crippen LogP contribution in [0.2, 0.25) is 0 Å². The largest absolute Gasteiger partial charge is 0.598 e. The summed E-state index contributed by atoms with van der Waals surface area (Å²) in [6.07, 6.45) is 0.974. The number of hydrogen-bond acceptors (Lipinski definition) is 7. The SMILES string of the molecule is CC(C)(C)[S+]([O-])NC(Cc1cccc(N2CC[C@@H](O)C2)n1)c1ccccc1-c1noc2ccccc12. The summed E-state index contributed by atoms with van der Waals surface area (Å²) in [5, 5.41) is 15.3. The molecule has 0 spiro atoms. The summed E-state index contributed by atoms with van der Waals surface area (Å²) in [4.78, 5) is 7.02. The molecule has 1 saturated heterocycles. The molecule has 3 heterocycles. The average Bonchev–Trinajstić information content (AvgIpc) is 3.49. The zero-order valence-corrected chi connectivity index (χ0v) is 21.7. The van der Waals surface area contributed by atoms with E-state index >= 15 is 0 Å². The van der Waals surface area contributed by atoms with Crippen LogP contribution in [0.4, 0.5) is 5.82 Å². The lowest BCUT2D eigenvalue weighted by Gasteiger charge is -2.29. The Hall–Kier alpha value is -2.91. The summed E-state index contributed by atoms with van der Waals surface area (Å²) in [6, 6.07) is 21.6. The average molecular weight is 505 g/mol. The lowest BCUT2D eigenvalue weighted by molar-refractivity contribution is 0.198. The lowest BCUT2D eigenvalue weighted by Crippen LogP contribution is -2.42. The summed E-state index contributed by atoms with van der Waals surface area (Å²) in [5.74, 6) is 0.857. The van der Waals surface area contributed by atoms with Crippen molar-refractivity contribution in [1.82, 2.24) is 14.9 Å². The number of benzene rings is 2. The molecule has 1 aliphatic heterocycles. The van der Waals surface area contributed by atoms with E-state index in [0.717, 1.165) is 52.3 Å². The number of nitrogens with one attached hydrogen (secondary N) is 1.